The molecule has 1 heterocycles. The van der Waals surface area contributed by atoms with Gasteiger partial charge in [0.05, 0.1) is 22.2 Å². The highest BCUT2D eigenvalue weighted by molar-refractivity contribution is 6.31. The molecule has 3 rings (SSSR count). The number of carbonyl (C=O) groups excluding carboxylic acids is 1. The average molecular weight is 491 g/mol. The molecule has 32 heavy (non-hydrogen) atoms. The van der Waals surface area contributed by atoms with Gasteiger partial charge in [-0.05, 0) is 37.3 Å². The SMILES string of the molecule is CC(C(=O)Nc1ccc(Cl)cc1C(F)(F)F)N1CCN(c2ccc(Cl)cc2[N+](=O)[O-])CC1. The van der Waals surface area contributed by atoms with Gasteiger partial charge in [-0.15, -0.1) is 0 Å². The predicted octanol–water partition coefficient (Wildman–Crippen LogP) is 5.07. The fourth-order valence-corrected chi connectivity index (χ4v) is 3.86. The number of nitro benzene ring substituents is 1. The highest BCUT2D eigenvalue weighted by Crippen LogP contribution is 2.37. The molecule has 1 N–H and O–H groups in total. The van der Waals surface area contributed by atoms with Crippen LogP contribution in [-0.4, -0.2) is 48.0 Å². The lowest BCUT2D eigenvalue weighted by atomic mass is 10.1. The van der Waals surface area contributed by atoms with Crippen LogP contribution in [0.3, 0.4) is 0 Å². The standard InChI is InChI=1S/C20H19Cl2F3N4O3/c1-12(19(30)26-16-4-2-13(21)10-15(16)20(23,24)25)27-6-8-28(9-7-27)17-5-3-14(22)11-18(17)29(31)32/h2-5,10-12H,6-9H2,1H3,(H,26,30). The third-order valence-electron chi connectivity index (χ3n) is 5.26. The number of benzene rings is 2. The lowest BCUT2D eigenvalue weighted by Gasteiger charge is -2.38. The number of nitro groups is 1. The predicted molar refractivity (Wildman–Crippen MR) is 116 cm³/mol. The minimum absolute atomic E-state index is 0.0872. The van der Waals surface area contributed by atoms with E-state index in [0.29, 0.717) is 31.9 Å². The van der Waals surface area contributed by atoms with Crippen molar-refractivity contribution in [1.82, 2.24) is 4.90 Å². The number of halogens is 5. The van der Waals surface area contributed by atoms with Crippen LogP contribution in [0.5, 0.6) is 0 Å². The van der Waals surface area contributed by atoms with E-state index in [-0.39, 0.29) is 21.4 Å². The van der Waals surface area contributed by atoms with Crippen molar-refractivity contribution < 1.29 is 22.9 Å². The summed E-state index contributed by atoms with van der Waals surface area (Å²) >= 11 is 11.5. The van der Waals surface area contributed by atoms with Gasteiger partial charge in [-0.1, -0.05) is 23.2 Å². The fraction of sp³-hybridized carbons (Fsp3) is 0.350. The molecule has 0 bridgehead atoms. The summed E-state index contributed by atoms with van der Waals surface area (Å²) in [5.41, 5.74) is -1.08. The number of carbonyl (C=O) groups is 1. The Morgan fingerprint density at radius 1 is 1.09 bits per heavy atom. The highest BCUT2D eigenvalue weighted by Gasteiger charge is 2.35. The normalized spacial score (nSPS) is 16.0. The molecule has 1 fully saturated rings. The molecule has 0 radical (unpaired) electrons. The summed E-state index contributed by atoms with van der Waals surface area (Å²) in [5.74, 6) is -0.594. The Hall–Kier alpha value is -2.56. The zero-order chi connectivity index (χ0) is 23.6. The van der Waals surface area contributed by atoms with E-state index >= 15 is 0 Å². The van der Waals surface area contributed by atoms with Crippen LogP contribution >= 0.6 is 23.2 Å². The van der Waals surface area contributed by atoms with E-state index in [4.69, 9.17) is 23.2 Å². The summed E-state index contributed by atoms with van der Waals surface area (Å²) < 4.78 is 39.8. The second-order valence-electron chi connectivity index (χ2n) is 7.27. The maximum Gasteiger partial charge on any atom is 0.418 e. The largest absolute Gasteiger partial charge is 0.418 e. The highest BCUT2D eigenvalue weighted by atomic mass is 35.5. The number of rotatable bonds is 5. The van der Waals surface area contributed by atoms with Crippen molar-refractivity contribution in [2.45, 2.75) is 19.1 Å². The Morgan fingerprint density at radius 2 is 1.69 bits per heavy atom. The second-order valence-corrected chi connectivity index (χ2v) is 8.14. The van der Waals surface area contributed by atoms with Gasteiger partial charge in [-0.3, -0.25) is 19.8 Å². The molecule has 2 aromatic carbocycles. The monoisotopic (exact) mass is 490 g/mol. The molecule has 0 saturated carbocycles. The number of hydrogen-bond donors (Lipinski definition) is 1. The first-order valence-corrected chi connectivity index (χ1v) is 10.3. The topological polar surface area (TPSA) is 78.7 Å². The molecule has 0 aromatic heterocycles. The lowest BCUT2D eigenvalue weighted by molar-refractivity contribution is -0.384. The number of nitrogens with zero attached hydrogens (tertiary/aromatic N) is 3. The van der Waals surface area contributed by atoms with E-state index in [2.05, 4.69) is 5.32 Å². The third-order valence-corrected chi connectivity index (χ3v) is 5.73. The van der Waals surface area contributed by atoms with Crippen molar-refractivity contribution in [3.63, 3.8) is 0 Å². The molecule has 7 nitrogen and oxygen atoms in total. The Balaban J connectivity index is 1.67. The first kappa shape index (κ1) is 24.1. The van der Waals surface area contributed by atoms with E-state index < -0.39 is 28.6 Å². The Kier molecular flexibility index (Phi) is 7.16. The Bertz CT molecular complexity index is 1030. The Morgan fingerprint density at radius 3 is 2.28 bits per heavy atom. The smallest absolute Gasteiger partial charge is 0.363 e. The van der Waals surface area contributed by atoms with Gasteiger partial charge >= 0.3 is 6.18 Å². The van der Waals surface area contributed by atoms with E-state index in [1.165, 1.54) is 12.1 Å². The quantitative estimate of drug-likeness (QED) is 0.467. The van der Waals surface area contributed by atoms with Crippen LogP contribution in [0.2, 0.25) is 10.0 Å². The van der Waals surface area contributed by atoms with Gasteiger partial charge in [0.25, 0.3) is 5.69 Å². The summed E-state index contributed by atoms with van der Waals surface area (Å²) in [6.07, 6.45) is -4.67. The minimum atomic E-state index is -4.67. The van der Waals surface area contributed by atoms with E-state index in [0.717, 1.165) is 12.1 Å². The van der Waals surface area contributed by atoms with Crippen molar-refractivity contribution in [2.75, 3.05) is 36.4 Å². The van der Waals surface area contributed by atoms with Gasteiger partial charge in [-0.25, -0.2) is 0 Å². The van der Waals surface area contributed by atoms with Gasteiger partial charge in [-0.2, -0.15) is 13.2 Å². The van der Waals surface area contributed by atoms with Crippen LogP contribution in [0.1, 0.15) is 12.5 Å². The minimum Gasteiger partial charge on any atom is -0.363 e. The molecular formula is C20H19Cl2F3N4O3. The summed E-state index contributed by atoms with van der Waals surface area (Å²) in [6, 6.07) is 6.86. The van der Waals surface area contributed by atoms with Gasteiger partial charge in [0.15, 0.2) is 0 Å². The second kappa shape index (κ2) is 9.51. The molecule has 172 valence electrons. The van der Waals surface area contributed by atoms with Crippen LogP contribution in [-0.2, 0) is 11.0 Å². The number of alkyl halides is 3. The average Bonchev–Trinajstić information content (AvgIpc) is 2.73. The molecular weight excluding hydrogens is 472 g/mol. The van der Waals surface area contributed by atoms with Gasteiger partial charge in [0.1, 0.15) is 5.69 Å². The van der Waals surface area contributed by atoms with Gasteiger partial charge in [0, 0.05) is 42.3 Å². The van der Waals surface area contributed by atoms with E-state index in [1.807, 2.05) is 4.90 Å². The molecule has 2 aromatic rings. The first-order valence-electron chi connectivity index (χ1n) is 9.58. The first-order chi connectivity index (χ1) is 15.0. The zero-order valence-electron chi connectivity index (χ0n) is 16.8. The molecule has 1 unspecified atom stereocenters. The summed E-state index contributed by atoms with van der Waals surface area (Å²) in [6.45, 7) is 3.17. The third kappa shape index (κ3) is 5.43. The maximum absolute atomic E-state index is 13.3. The molecule has 1 atom stereocenters. The van der Waals surface area contributed by atoms with Crippen LogP contribution in [0.4, 0.5) is 30.2 Å². The molecule has 1 saturated heterocycles. The maximum atomic E-state index is 13.3. The van der Waals surface area contributed by atoms with Crippen molar-refractivity contribution in [3.8, 4) is 0 Å². The zero-order valence-corrected chi connectivity index (χ0v) is 18.3. The summed E-state index contributed by atoms with van der Waals surface area (Å²) in [7, 11) is 0. The molecule has 0 aliphatic carbocycles. The number of hydrogen-bond acceptors (Lipinski definition) is 5. The van der Waals surface area contributed by atoms with Crippen molar-refractivity contribution in [2.24, 2.45) is 0 Å². The number of nitrogens with one attached hydrogen (secondary N) is 1. The number of anilines is 2. The molecule has 0 spiro atoms. The fourth-order valence-electron chi connectivity index (χ4n) is 3.52. The lowest BCUT2D eigenvalue weighted by Crippen LogP contribution is -2.53. The molecule has 12 heteroatoms. The van der Waals surface area contributed by atoms with Crippen LogP contribution < -0.4 is 10.2 Å². The van der Waals surface area contributed by atoms with Gasteiger partial charge in [0.2, 0.25) is 5.91 Å². The van der Waals surface area contributed by atoms with Crippen LogP contribution in [0.15, 0.2) is 36.4 Å². The van der Waals surface area contributed by atoms with Crippen molar-refractivity contribution in [1.29, 1.82) is 0 Å². The van der Waals surface area contributed by atoms with Crippen LogP contribution in [0, 0.1) is 10.1 Å². The van der Waals surface area contributed by atoms with E-state index in [1.54, 1.807) is 24.0 Å². The number of piperazine rings is 1. The molecule has 1 aliphatic rings. The summed E-state index contributed by atoms with van der Waals surface area (Å²) in [4.78, 5) is 27.1. The van der Waals surface area contributed by atoms with Crippen molar-refractivity contribution in [3.05, 3.63) is 62.1 Å². The van der Waals surface area contributed by atoms with E-state index in [9.17, 15) is 28.1 Å². The van der Waals surface area contributed by atoms with Gasteiger partial charge < -0.3 is 10.2 Å². The molecule has 1 aliphatic heterocycles. The summed E-state index contributed by atoms with van der Waals surface area (Å²) in [5, 5.41) is 13.8. The van der Waals surface area contributed by atoms with Crippen LogP contribution in [0.25, 0.3) is 0 Å². The Labute approximate surface area is 191 Å². The van der Waals surface area contributed by atoms with Crippen molar-refractivity contribution >= 4 is 46.2 Å². The number of amides is 1. The molecule has 1 amide bonds.